The minimum Gasteiger partial charge on any atom is -0.493 e. The van der Waals surface area contributed by atoms with Gasteiger partial charge in [0.1, 0.15) is 6.61 Å². The van der Waals surface area contributed by atoms with Crippen molar-refractivity contribution in [3.05, 3.63) is 23.8 Å². The Balaban J connectivity index is 1.86. The van der Waals surface area contributed by atoms with Crippen LogP contribution < -0.4 is 9.47 Å². The molecule has 0 bridgehead atoms. The highest BCUT2D eigenvalue weighted by molar-refractivity contribution is 5.73. The van der Waals surface area contributed by atoms with Crippen LogP contribution in [0.3, 0.4) is 0 Å². The molecule has 1 heterocycles. The molecule has 1 atom stereocenters. The summed E-state index contributed by atoms with van der Waals surface area (Å²) in [6.45, 7) is 1.10. The van der Waals surface area contributed by atoms with Crippen LogP contribution in [0.2, 0.25) is 0 Å². The summed E-state index contributed by atoms with van der Waals surface area (Å²) >= 11 is 0. The summed E-state index contributed by atoms with van der Waals surface area (Å²) in [7, 11) is 3.14. The molecule has 0 spiro atoms. The normalized spacial score (nSPS) is 17.8. The first kappa shape index (κ1) is 14.7. The highest BCUT2D eigenvalue weighted by Gasteiger charge is 2.17. The summed E-state index contributed by atoms with van der Waals surface area (Å²) in [5.41, 5.74) is 0.833. The van der Waals surface area contributed by atoms with Crippen molar-refractivity contribution in [1.82, 2.24) is 0 Å². The Labute approximate surface area is 118 Å². The van der Waals surface area contributed by atoms with E-state index in [4.69, 9.17) is 18.9 Å². The maximum absolute atomic E-state index is 11.8. The second kappa shape index (κ2) is 7.14. The van der Waals surface area contributed by atoms with Gasteiger partial charge in [-0.25, -0.2) is 0 Å². The highest BCUT2D eigenvalue weighted by Crippen LogP contribution is 2.27. The van der Waals surface area contributed by atoms with Gasteiger partial charge in [0, 0.05) is 6.61 Å². The fourth-order valence-corrected chi connectivity index (χ4v) is 2.17. The molecule has 0 radical (unpaired) electrons. The third-order valence-corrected chi connectivity index (χ3v) is 3.25. The lowest BCUT2D eigenvalue weighted by Gasteiger charge is -2.11. The molecule has 0 amide bonds. The average molecular weight is 280 g/mol. The number of hydrogen-bond acceptors (Lipinski definition) is 5. The zero-order valence-corrected chi connectivity index (χ0v) is 11.9. The van der Waals surface area contributed by atoms with Crippen LogP contribution >= 0.6 is 0 Å². The summed E-state index contributed by atoms with van der Waals surface area (Å²) in [6.07, 6.45) is 2.28. The fraction of sp³-hybridized carbons (Fsp3) is 0.533. The second-order valence-corrected chi connectivity index (χ2v) is 4.68. The predicted molar refractivity (Wildman–Crippen MR) is 73.2 cm³/mol. The van der Waals surface area contributed by atoms with Crippen molar-refractivity contribution in [1.29, 1.82) is 0 Å². The van der Waals surface area contributed by atoms with Crippen molar-refractivity contribution in [3.8, 4) is 11.5 Å². The van der Waals surface area contributed by atoms with E-state index in [0.717, 1.165) is 25.0 Å². The van der Waals surface area contributed by atoms with E-state index in [1.807, 2.05) is 6.07 Å². The van der Waals surface area contributed by atoms with Crippen LogP contribution in [-0.4, -0.2) is 39.5 Å². The summed E-state index contributed by atoms with van der Waals surface area (Å²) in [4.78, 5) is 11.8. The van der Waals surface area contributed by atoms with Crippen LogP contribution in [0.15, 0.2) is 18.2 Å². The quantitative estimate of drug-likeness (QED) is 0.746. The molecule has 1 unspecified atom stereocenters. The molecule has 0 aromatic heterocycles. The van der Waals surface area contributed by atoms with Crippen molar-refractivity contribution >= 4 is 5.97 Å². The number of rotatable bonds is 6. The molecule has 1 aromatic rings. The largest absolute Gasteiger partial charge is 0.493 e. The topological polar surface area (TPSA) is 54.0 Å². The van der Waals surface area contributed by atoms with Crippen LogP contribution in [0.4, 0.5) is 0 Å². The Morgan fingerprint density at radius 3 is 2.75 bits per heavy atom. The molecule has 1 aliphatic rings. The second-order valence-electron chi connectivity index (χ2n) is 4.68. The predicted octanol–water partition coefficient (Wildman–Crippen LogP) is 1.97. The first-order chi connectivity index (χ1) is 9.72. The van der Waals surface area contributed by atoms with Crippen LogP contribution in [0.5, 0.6) is 11.5 Å². The smallest absolute Gasteiger partial charge is 0.310 e. The van der Waals surface area contributed by atoms with E-state index >= 15 is 0 Å². The molecular formula is C15H20O5. The summed E-state index contributed by atoms with van der Waals surface area (Å²) in [6, 6.07) is 5.39. The molecule has 20 heavy (non-hydrogen) atoms. The molecule has 0 aliphatic carbocycles. The Kier molecular flexibility index (Phi) is 5.24. The van der Waals surface area contributed by atoms with Crippen molar-refractivity contribution in [3.63, 3.8) is 0 Å². The molecule has 1 aliphatic heterocycles. The highest BCUT2D eigenvalue weighted by atomic mass is 16.6. The van der Waals surface area contributed by atoms with E-state index < -0.39 is 0 Å². The zero-order chi connectivity index (χ0) is 14.4. The lowest BCUT2D eigenvalue weighted by Crippen LogP contribution is -2.18. The first-order valence-corrected chi connectivity index (χ1v) is 6.71. The lowest BCUT2D eigenvalue weighted by molar-refractivity contribution is -0.146. The number of hydrogen-bond donors (Lipinski definition) is 0. The SMILES string of the molecule is COc1ccc(CC(=O)OCC2CCCO2)cc1OC. The maximum atomic E-state index is 11.8. The minimum absolute atomic E-state index is 0.0596. The third-order valence-electron chi connectivity index (χ3n) is 3.25. The van der Waals surface area contributed by atoms with Gasteiger partial charge >= 0.3 is 5.97 Å². The molecule has 1 saturated heterocycles. The Bertz CT molecular complexity index is 452. The standard InChI is InChI=1S/C15H20O5/c1-17-13-6-5-11(8-14(13)18-2)9-15(16)20-10-12-4-3-7-19-12/h5-6,8,12H,3-4,7,9-10H2,1-2H3. The van der Waals surface area contributed by atoms with E-state index in [9.17, 15) is 4.79 Å². The maximum Gasteiger partial charge on any atom is 0.310 e. The van der Waals surface area contributed by atoms with Crippen molar-refractivity contribution in [2.75, 3.05) is 27.4 Å². The van der Waals surface area contributed by atoms with Gasteiger partial charge in [0.15, 0.2) is 11.5 Å². The van der Waals surface area contributed by atoms with Crippen LogP contribution in [0.1, 0.15) is 18.4 Å². The number of esters is 1. The molecule has 110 valence electrons. The number of methoxy groups -OCH3 is 2. The van der Waals surface area contributed by atoms with Gasteiger partial charge < -0.3 is 18.9 Å². The first-order valence-electron chi connectivity index (χ1n) is 6.71. The van der Waals surface area contributed by atoms with Gasteiger partial charge in [0.2, 0.25) is 0 Å². The van der Waals surface area contributed by atoms with Gasteiger partial charge in [-0.15, -0.1) is 0 Å². The van der Waals surface area contributed by atoms with Gasteiger partial charge in [0.25, 0.3) is 0 Å². The lowest BCUT2D eigenvalue weighted by atomic mass is 10.1. The van der Waals surface area contributed by atoms with E-state index in [2.05, 4.69) is 0 Å². The Morgan fingerprint density at radius 1 is 1.30 bits per heavy atom. The molecule has 1 aromatic carbocycles. The van der Waals surface area contributed by atoms with Gasteiger partial charge in [0.05, 0.1) is 26.7 Å². The Hall–Kier alpha value is -1.75. The molecule has 5 heteroatoms. The van der Waals surface area contributed by atoms with E-state index in [1.54, 1.807) is 26.4 Å². The summed E-state index contributed by atoms with van der Waals surface area (Å²) in [5, 5.41) is 0. The summed E-state index contributed by atoms with van der Waals surface area (Å²) in [5.74, 6) is 0.994. The average Bonchev–Trinajstić information content (AvgIpc) is 2.98. The van der Waals surface area contributed by atoms with Gasteiger partial charge in [-0.1, -0.05) is 6.07 Å². The molecule has 0 N–H and O–H groups in total. The molecule has 0 saturated carbocycles. The number of carbonyl (C=O) groups excluding carboxylic acids is 1. The van der Waals surface area contributed by atoms with E-state index in [1.165, 1.54) is 0 Å². The van der Waals surface area contributed by atoms with Crippen LogP contribution in [-0.2, 0) is 20.7 Å². The van der Waals surface area contributed by atoms with Gasteiger partial charge in [-0.2, -0.15) is 0 Å². The molecule has 5 nitrogen and oxygen atoms in total. The van der Waals surface area contributed by atoms with Gasteiger partial charge in [-0.3, -0.25) is 4.79 Å². The third kappa shape index (κ3) is 3.87. The van der Waals surface area contributed by atoms with Crippen molar-refractivity contribution in [2.45, 2.75) is 25.4 Å². The summed E-state index contributed by atoms with van der Waals surface area (Å²) < 4.78 is 21.0. The van der Waals surface area contributed by atoms with Crippen LogP contribution in [0.25, 0.3) is 0 Å². The Morgan fingerprint density at radius 2 is 2.10 bits per heavy atom. The van der Waals surface area contributed by atoms with Crippen molar-refractivity contribution < 1.29 is 23.7 Å². The fourth-order valence-electron chi connectivity index (χ4n) is 2.17. The molecule has 1 fully saturated rings. The molecule has 2 rings (SSSR count). The molecular weight excluding hydrogens is 260 g/mol. The van der Waals surface area contributed by atoms with Gasteiger partial charge in [-0.05, 0) is 30.5 Å². The van der Waals surface area contributed by atoms with Crippen LogP contribution in [0, 0.1) is 0 Å². The number of benzene rings is 1. The number of ether oxygens (including phenoxy) is 4. The monoisotopic (exact) mass is 280 g/mol. The minimum atomic E-state index is -0.257. The van der Waals surface area contributed by atoms with E-state index in [0.29, 0.717) is 18.1 Å². The van der Waals surface area contributed by atoms with E-state index in [-0.39, 0.29) is 18.5 Å². The van der Waals surface area contributed by atoms with Crippen molar-refractivity contribution in [2.24, 2.45) is 0 Å². The number of carbonyl (C=O) groups is 1. The zero-order valence-electron chi connectivity index (χ0n) is 11.9.